The molecule has 5 nitrogen and oxygen atoms in total. The molecule has 1 aliphatic heterocycles. The quantitative estimate of drug-likeness (QED) is 0.897. The maximum absolute atomic E-state index is 4.13. The topological polar surface area (TPSA) is 46.0 Å². The highest BCUT2D eigenvalue weighted by atomic mass is 35.5. The Bertz CT molecular complexity index is 525. The molecule has 0 saturated carbocycles. The minimum Gasteiger partial charge on any atom is -0.382 e. The summed E-state index contributed by atoms with van der Waals surface area (Å²) in [6, 6.07) is 8.36. The molecule has 0 fully saturated rings. The highest BCUT2D eigenvalue weighted by Gasteiger charge is 2.16. The minimum atomic E-state index is 0. The zero-order valence-electron chi connectivity index (χ0n) is 10.2. The lowest BCUT2D eigenvalue weighted by Crippen LogP contribution is -2.33. The van der Waals surface area contributed by atoms with E-state index in [1.807, 2.05) is 13.2 Å². The number of fused-ring (bicyclic) bond motifs is 1. The highest BCUT2D eigenvalue weighted by Crippen LogP contribution is 2.29. The first kappa shape index (κ1) is 12.7. The van der Waals surface area contributed by atoms with Crippen molar-refractivity contribution in [3.8, 4) is 0 Å². The van der Waals surface area contributed by atoms with E-state index in [4.69, 9.17) is 0 Å². The van der Waals surface area contributed by atoms with Gasteiger partial charge >= 0.3 is 0 Å². The van der Waals surface area contributed by atoms with Gasteiger partial charge in [0.1, 0.15) is 5.69 Å². The zero-order valence-corrected chi connectivity index (χ0v) is 11.0. The van der Waals surface area contributed by atoms with Crippen molar-refractivity contribution in [1.29, 1.82) is 0 Å². The summed E-state index contributed by atoms with van der Waals surface area (Å²) in [5, 5.41) is 11.5. The van der Waals surface area contributed by atoms with Gasteiger partial charge in [-0.05, 0) is 12.1 Å². The van der Waals surface area contributed by atoms with Gasteiger partial charge in [-0.2, -0.15) is 0 Å². The van der Waals surface area contributed by atoms with Crippen LogP contribution in [-0.2, 0) is 13.6 Å². The Hall–Kier alpha value is -1.75. The molecule has 1 aromatic heterocycles. The molecule has 18 heavy (non-hydrogen) atoms. The fourth-order valence-corrected chi connectivity index (χ4v) is 2.17. The Labute approximate surface area is 112 Å². The molecule has 1 aliphatic rings. The van der Waals surface area contributed by atoms with E-state index in [1.165, 1.54) is 11.4 Å². The van der Waals surface area contributed by atoms with Crippen molar-refractivity contribution >= 4 is 23.8 Å². The van der Waals surface area contributed by atoms with E-state index >= 15 is 0 Å². The standard InChI is InChI=1S/C12H15N5.ClH/c1-16-8-10(14-15-16)9-17-7-6-13-11-4-2-3-5-12(11)17;/h2-5,8,13H,6-7,9H2,1H3;1H. The van der Waals surface area contributed by atoms with Gasteiger partial charge in [-0.3, -0.25) is 4.68 Å². The summed E-state index contributed by atoms with van der Waals surface area (Å²) in [5.41, 5.74) is 3.44. The number of rotatable bonds is 2. The molecule has 0 aliphatic carbocycles. The molecule has 6 heteroatoms. The van der Waals surface area contributed by atoms with E-state index in [0.717, 1.165) is 25.3 Å². The van der Waals surface area contributed by atoms with Gasteiger partial charge in [0.25, 0.3) is 0 Å². The van der Waals surface area contributed by atoms with Gasteiger partial charge in [0.2, 0.25) is 0 Å². The third-order valence-corrected chi connectivity index (χ3v) is 2.94. The van der Waals surface area contributed by atoms with Crippen LogP contribution >= 0.6 is 12.4 Å². The van der Waals surface area contributed by atoms with Crippen molar-refractivity contribution in [2.75, 3.05) is 23.3 Å². The number of para-hydroxylation sites is 2. The minimum absolute atomic E-state index is 0. The second-order valence-corrected chi connectivity index (χ2v) is 4.25. The fraction of sp³-hybridized carbons (Fsp3) is 0.333. The lowest BCUT2D eigenvalue weighted by molar-refractivity contribution is 0.710. The van der Waals surface area contributed by atoms with Gasteiger partial charge < -0.3 is 10.2 Å². The van der Waals surface area contributed by atoms with Crippen LogP contribution in [-0.4, -0.2) is 28.1 Å². The third kappa shape index (κ3) is 2.41. The first-order valence-electron chi connectivity index (χ1n) is 5.76. The first-order chi connectivity index (χ1) is 8.33. The fourth-order valence-electron chi connectivity index (χ4n) is 2.17. The Balaban J connectivity index is 0.00000120. The van der Waals surface area contributed by atoms with Crippen LogP contribution in [0.4, 0.5) is 11.4 Å². The number of aromatic nitrogens is 3. The molecule has 3 rings (SSSR count). The lowest BCUT2D eigenvalue weighted by Gasteiger charge is -2.31. The van der Waals surface area contributed by atoms with Crippen LogP contribution in [0.1, 0.15) is 5.69 Å². The molecule has 1 aromatic carbocycles. The van der Waals surface area contributed by atoms with Gasteiger partial charge in [-0.1, -0.05) is 17.3 Å². The number of nitrogens with one attached hydrogen (secondary N) is 1. The third-order valence-electron chi connectivity index (χ3n) is 2.94. The average molecular weight is 266 g/mol. The predicted molar refractivity (Wildman–Crippen MR) is 74.2 cm³/mol. The maximum Gasteiger partial charge on any atom is 0.102 e. The van der Waals surface area contributed by atoms with Crippen LogP contribution in [0.3, 0.4) is 0 Å². The maximum atomic E-state index is 4.13. The van der Waals surface area contributed by atoms with Gasteiger partial charge in [-0.15, -0.1) is 17.5 Å². The highest BCUT2D eigenvalue weighted by molar-refractivity contribution is 5.85. The van der Waals surface area contributed by atoms with Crippen molar-refractivity contribution < 1.29 is 0 Å². The summed E-state index contributed by atoms with van der Waals surface area (Å²) in [5.74, 6) is 0. The second kappa shape index (κ2) is 5.27. The zero-order chi connectivity index (χ0) is 11.7. The molecule has 2 heterocycles. The SMILES string of the molecule is Cl.Cn1cc(CN2CCNc3ccccc32)nn1. The molecule has 0 unspecified atom stereocenters. The van der Waals surface area contributed by atoms with E-state index in [-0.39, 0.29) is 12.4 Å². The molecule has 0 amide bonds. The Morgan fingerprint density at radius 2 is 2.17 bits per heavy atom. The molecule has 0 radical (unpaired) electrons. The van der Waals surface area contributed by atoms with Crippen LogP contribution in [0.5, 0.6) is 0 Å². The number of nitrogens with zero attached hydrogens (tertiary/aromatic N) is 4. The van der Waals surface area contributed by atoms with Crippen molar-refractivity contribution in [2.45, 2.75) is 6.54 Å². The molecular formula is C12H16ClN5. The smallest absolute Gasteiger partial charge is 0.102 e. The predicted octanol–water partition coefficient (Wildman–Crippen LogP) is 1.67. The summed E-state index contributed by atoms with van der Waals surface area (Å²) >= 11 is 0. The van der Waals surface area contributed by atoms with Crippen molar-refractivity contribution in [3.63, 3.8) is 0 Å². The van der Waals surface area contributed by atoms with Gasteiger partial charge in [0.15, 0.2) is 0 Å². The molecule has 0 saturated heterocycles. The van der Waals surface area contributed by atoms with E-state index in [9.17, 15) is 0 Å². The normalized spacial score (nSPS) is 13.5. The van der Waals surface area contributed by atoms with E-state index in [0.29, 0.717) is 0 Å². The molecule has 1 N–H and O–H groups in total. The molecular weight excluding hydrogens is 250 g/mol. The van der Waals surface area contributed by atoms with Crippen molar-refractivity contribution in [2.24, 2.45) is 7.05 Å². The summed E-state index contributed by atoms with van der Waals surface area (Å²) in [6.45, 7) is 2.78. The number of anilines is 2. The van der Waals surface area contributed by atoms with Crippen LogP contribution in [0, 0.1) is 0 Å². The summed E-state index contributed by atoms with van der Waals surface area (Å²) in [7, 11) is 1.89. The molecule has 96 valence electrons. The van der Waals surface area contributed by atoms with E-state index in [2.05, 4.69) is 44.8 Å². The molecule has 0 bridgehead atoms. The van der Waals surface area contributed by atoms with Crippen LogP contribution < -0.4 is 10.2 Å². The number of hydrogen-bond acceptors (Lipinski definition) is 4. The lowest BCUT2D eigenvalue weighted by atomic mass is 10.2. The van der Waals surface area contributed by atoms with E-state index < -0.39 is 0 Å². The Morgan fingerprint density at radius 1 is 1.33 bits per heavy atom. The van der Waals surface area contributed by atoms with Crippen LogP contribution in [0.25, 0.3) is 0 Å². The summed E-state index contributed by atoms with van der Waals surface area (Å²) in [6.07, 6.45) is 1.96. The van der Waals surface area contributed by atoms with E-state index in [1.54, 1.807) is 4.68 Å². The number of aryl methyl sites for hydroxylation is 1. The molecule has 0 spiro atoms. The largest absolute Gasteiger partial charge is 0.382 e. The number of hydrogen-bond donors (Lipinski definition) is 1. The van der Waals surface area contributed by atoms with Crippen LogP contribution in [0.15, 0.2) is 30.5 Å². The van der Waals surface area contributed by atoms with Gasteiger partial charge in [-0.25, -0.2) is 0 Å². The monoisotopic (exact) mass is 265 g/mol. The van der Waals surface area contributed by atoms with Gasteiger partial charge in [0, 0.05) is 26.3 Å². The first-order valence-corrected chi connectivity index (χ1v) is 5.76. The summed E-state index contributed by atoms with van der Waals surface area (Å²) < 4.78 is 1.74. The average Bonchev–Trinajstić information content (AvgIpc) is 2.75. The molecule has 2 aromatic rings. The molecule has 0 atom stereocenters. The Morgan fingerprint density at radius 3 is 2.94 bits per heavy atom. The van der Waals surface area contributed by atoms with Crippen LogP contribution in [0.2, 0.25) is 0 Å². The van der Waals surface area contributed by atoms with Crippen molar-refractivity contribution in [3.05, 3.63) is 36.2 Å². The summed E-state index contributed by atoms with van der Waals surface area (Å²) in [4.78, 5) is 2.33. The number of benzene rings is 1. The number of halogens is 1. The van der Waals surface area contributed by atoms with Crippen molar-refractivity contribution in [1.82, 2.24) is 15.0 Å². The Kier molecular flexibility index (Phi) is 3.72. The van der Waals surface area contributed by atoms with Gasteiger partial charge in [0.05, 0.1) is 17.9 Å². The second-order valence-electron chi connectivity index (χ2n) is 4.25.